The minimum Gasteiger partial charge on any atom is -0.465 e. The normalized spacial score (nSPS) is 10.3. The van der Waals surface area contributed by atoms with E-state index in [0.717, 1.165) is 13.2 Å². The van der Waals surface area contributed by atoms with E-state index in [2.05, 4.69) is 4.74 Å². The molecule has 0 saturated carbocycles. The Labute approximate surface area is 145 Å². The highest BCUT2D eigenvalue weighted by molar-refractivity contribution is 6.40. The zero-order valence-electron chi connectivity index (χ0n) is 11.5. The molecule has 0 radical (unpaired) electrons. The van der Waals surface area contributed by atoms with E-state index in [4.69, 9.17) is 39.5 Å². The van der Waals surface area contributed by atoms with E-state index < -0.39 is 10.9 Å². The zero-order valence-corrected chi connectivity index (χ0v) is 13.8. The first-order valence-corrected chi connectivity index (χ1v) is 7.16. The second-order valence-corrected chi connectivity index (χ2v) is 5.48. The molecule has 0 aromatic heterocycles. The predicted molar refractivity (Wildman–Crippen MR) is 86.0 cm³/mol. The van der Waals surface area contributed by atoms with Gasteiger partial charge in [0.1, 0.15) is 11.3 Å². The van der Waals surface area contributed by atoms with Crippen LogP contribution < -0.4 is 4.74 Å². The van der Waals surface area contributed by atoms with Crippen LogP contribution in [0.15, 0.2) is 30.3 Å². The number of ether oxygens (including phenoxy) is 2. The van der Waals surface area contributed by atoms with Gasteiger partial charge in [0, 0.05) is 17.2 Å². The van der Waals surface area contributed by atoms with Gasteiger partial charge in [-0.15, -0.1) is 0 Å². The average molecular weight is 377 g/mol. The lowest BCUT2D eigenvalue weighted by atomic mass is 10.1. The van der Waals surface area contributed by atoms with Crippen LogP contribution >= 0.6 is 34.8 Å². The van der Waals surface area contributed by atoms with Gasteiger partial charge in [0.15, 0.2) is 5.75 Å². The fourth-order valence-electron chi connectivity index (χ4n) is 1.73. The van der Waals surface area contributed by atoms with Crippen LogP contribution in [0.25, 0.3) is 0 Å². The molecule has 0 bridgehead atoms. The van der Waals surface area contributed by atoms with E-state index in [1.165, 1.54) is 24.3 Å². The zero-order chi connectivity index (χ0) is 17.1. The predicted octanol–water partition coefficient (Wildman–Crippen LogP) is 5.13. The smallest absolute Gasteiger partial charge is 0.341 e. The van der Waals surface area contributed by atoms with Gasteiger partial charge in [-0.2, -0.15) is 0 Å². The van der Waals surface area contributed by atoms with Crippen molar-refractivity contribution in [1.82, 2.24) is 0 Å². The summed E-state index contributed by atoms with van der Waals surface area (Å²) in [5.74, 6) is -0.727. The van der Waals surface area contributed by atoms with Crippen LogP contribution in [-0.2, 0) is 4.74 Å². The Hall–Kier alpha value is -2.02. The van der Waals surface area contributed by atoms with E-state index >= 15 is 0 Å². The summed E-state index contributed by atoms with van der Waals surface area (Å²) in [6.07, 6.45) is 0. The molecule has 0 amide bonds. The van der Waals surface area contributed by atoms with Gasteiger partial charge in [0.05, 0.1) is 22.1 Å². The van der Waals surface area contributed by atoms with Crippen LogP contribution in [0.3, 0.4) is 0 Å². The SMILES string of the molecule is COC(=O)c1cc([N+](=O)[O-])ccc1Oc1c(Cl)cc(Cl)cc1Cl. The van der Waals surface area contributed by atoms with Gasteiger partial charge >= 0.3 is 5.97 Å². The highest BCUT2D eigenvalue weighted by atomic mass is 35.5. The topological polar surface area (TPSA) is 78.7 Å². The van der Waals surface area contributed by atoms with Crippen LogP contribution in [0.1, 0.15) is 10.4 Å². The number of methoxy groups -OCH3 is 1. The largest absolute Gasteiger partial charge is 0.465 e. The number of benzene rings is 2. The van der Waals surface area contributed by atoms with Crippen molar-refractivity contribution >= 4 is 46.5 Å². The van der Waals surface area contributed by atoms with E-state index in [9.17, 15) is 14.9 Å². The molecule has 0 fully saturated rings. The number of carbonyl (C=O) groups is 1. The Morgan fingerprint density at radius 1 is 1.13 bits per heavy atom. The molecule has 0 N–H and O–H groups in total. The van der Waals surface area contributed by atoms with Crippen molar-refractivity contribution in [3.05, 3.63) is 61.1 Å². The number of esters is 1. The van der Waals surface area contributed by atoms with Gasteiger partial charge in [-0.05, 0) is 18.2 Å². The van der Waals surface area contributed by atoms with Gasteiger partial charge in [-0.25, -0.2) is 4.79 Å². The Kier molecular flexibility index (Phi) is 5.30. The Morgan fingerprint density at radius 2 is 1.74 bits per heavy atom. The third kappa shape index (κ3) is 3.85. The molecular formula is C14H8Cl3NO5. The molecular weight excluding hydrogens is 369 g/mol. The monoisotopic (exact) mass is 375 g/mol. The van der Waals surface area contributed by atoms with Crippen LogP contribution in [0.2, 0.25) is 15.1 Å². The maximum atomic E-state index is 11.8. The van der Waals surface area contributed by atoms with Crippen molar-refractivity contribution in [3.8, 4) is 11.5 Å². The first-order valence-electron chi connectivity index (χ1n) is 6.02. The number of non-ortho nitro benzene ring substituents is 1. The first kappa shape index (κ1) is 17.3. The lowest BCUT2D eigenvalue weighted by Gasteiger charge is -2.12. The molecule has 2 rings (SSSR count). The highest BCUT2D eigenvalue weighted by Crippen LogP contribution is 2.40. The van der Waals surface area contributed by atoms with Crippen molar-refractivity contribution in [2.75, 3.05) is 7.11 Å². The van der Waals surface area contributed by atoms with Crippen molar-refractivity contribution in [2.24, 2.45) is 0 Å². The standard InChI is InChI=1S/C14H8Cl3NO5/c1-22-14(19)9-6-8(18(20)21)2-3-12(9)23-13-10(16)4-7(15)5-11(13)17/h2-6H,1H3. The molecule has 120 valence electrons. The van der Waals surface area contributed by atoms with Crippen LogP contribution in [0, 0.1) is 10.1 Å². The van der Waals surface area contributed by atoms with Gasteiger partial charge in [0.2, 0.25) is 0 Å². The number of halogens is 3. The number of hydrogen-bond acceptors (Lipinski definition) is 5. The van der Waals surface area contributed by atoms with E-state index in [1.54, 1.807) is 0 Å². The number of nitro benzene ring substituents is 1. The number of rotatable bonds is 4. The molecule has 0 spiro atoms. The molecule has 2 aromatic carbocycles. The fourth-order valence-corrected chi connectivity index (χ4v) is 2.62. The summed E-state index contributed by atoms with van der Waals surface area (Å²) in [5.41, 5.74) is -0.421. The summed E-state index contributed by atoms with van der Waals surface area (Å²) in [6, 6.07) is 6.30. The number of hydrogen-bond donors (Lipinski definition) is 0. The third-order valence-electron chi connectivity index (χ3n) is 2.75. The van der Waals surface area contributed by atoms with Crippen molar-refractivity contribution in [3.63, 3.8) is 0 Å². The van der Waals surface area contributed by atoms with Gasteiger partial charge in [-0.3, -0.25) is 10.1 Å². The lowest BCUT2D eigenvalue weighted by Crippen LogP contribution is -2.05. The second-order valence-electron chi connectivity index (χ2n) is 4.23. The first-order chi connectivity index (χ1) is 10.8. The fraction of sp³-hybridized carbons (Fsp3) is 0.0714. The summed E-state index contributed by atoms with van der Waals surface area (Å²) in [5, 5.41) is 11.4. The third-order valence-corrected chi connectivity index (χ3v) is 3.53. The van der Waals surface area contributed by atoms with Crippen LogP contribution in [-0.4, -0.2) is 18.0 Å². The number of carbonyl (C=O) groups excluding carboxylic acids is 1. The molecule has 9 heteroatoms. The van der Waals surface area contributed by atoms with Crippen LogP contribution in [0.5, 0.6) is 11.5 Å². The lowest BCUT2D eigenvalue weighted by molar-refractivity contribution is -0.384. The molecule has 0 aliphatic rings. The highest BCUT2D eigenvalue weighted by Gasteiger charge is 2.20. The molecule has 0 aliphatic carbocycles. The van der Waals surface area contributed by atoms with Crippen molar-refractivity contribution < 1.29 is 19.2 Å². The molecule has 0 aliphatic heterocycles. The molecule has 0 heterocycles. The molecule has 6 nitrogen and oxygen atoms in total. The summed E-state index contributed by atoms with van der Waals surface area (Å²) in [7, 11) is 1.15. The summed E-state index contributed by atoms with van der Waals surface area (Å²) >= 11 is 17.8. The minimum atomic E-state index is -0.801. The Morgan fingerprint density at radius 3 is 2.26 bits per heavy atom. The van der Waals surface area contributed by atoms with E-state index in [0.29, 0.717) is 5.02 Å². The molecule has 0 saturated heterocycles. The van der Waals surface area contributed by atoms with Gasteiger partial charge in [-0.1, -0.05) is 34.8 Å². The van der Waals surface area contributed by atoms with Gasteiger partial charge < -0.3 is 9.47 Å². The van der Waals surface area contributed by atoms with Crippen molar-refractivity contribution in [1.29, 1.82) is 0 Å². The average Bonchev–Trinajstić information content (AvgIpc) is 2.49. The second kappa shape index (κ2) is 7.04. The minimum absolute atomic E-state index is 0.00794. The molecule has 2 aromatic rings. The Bertz CT molecular complexity index is 771. The number of nitrogens with zero attached hydrogens (tertiary/aromatic N) is 1. The van der Waals surface area contributed by atoms with Gasteiger partial charge in [0.25, 0.3) is 5.69 Å². The van der Waals surface area contributed by atoms with E-state index in [-0.39, 0.29) is 32.8 Å². The molecule has 23 heavy (non-hydrogen) atoms. The molecule has 0 unspecified atom stereocenters. The quantitative estimate of drug-likeness (QED) is 0.420. The maximum Gasteiger partial charge on any atom is 0.341 e. The summed E-state index contributed by atoms with van der Waals surface area (Å²) in [6.45, 7) is 0. The maximum absolute atomic E-state index is 11.8. The summed E-state index contributed by atoms with van der Waals surface area (Å²) in [4.78, 5) is 22.0. The Balaban J connectivity index is 2.51. The summed E-state index contributed by atoms with van der Waals surface area (Å²) < 4.78 is 10.1. The van der Waals surface area contributed by atoms with Crippen molar-refractivity contribution in [2.45, 2.75) is 0 Å². The molecule has 0 atom stereocenters. The van der Waals surface area contributed by atoms with E-state index in [1.807, 2.05) is 0 Å². The number of nitro groups is 1. The van der Waals surface area contributed by atoms with Crippen LogP contribution in [0.4, 0.5) is 5.69 Å².